The number of nitrogens with zero attached hydrogens (tertiary/aromatic N) is 1. The minimum atomic E-state index is -0.799. The van der Waals surface area contributed by atoms with E-state index in [0.717, 1.165) is 25.9 Å². The Labute approximate surface area is 66.3 Å². The zero-order valence-corrected chi connectivity index (χ0v) is 6.71. The van der Waals surface area contributed by atoms with Crippen LogP contribution in [0.3, 0.4) is 0 Å². The van der Waals surface area contributed by atoms with E-state index in [2.05, 4.69) is 6.92 Å². The summed E-state index contributed by atoms with van der Waals surface area (Å²) in [7, 11) is 0. The van der Waals surface area contributed by atoms with Crippen molar-refractivity contribution in [2.75, 3.05) is 13.1 Å². The van der Waals surface area contributed by atoms with Crippen molar-refractivity contribution in [3.05, 3.63) is 11.8 Å². The van der Waals surface area contributed by atoms with Crippen LogP contribution in [0.4, 0.5) is 0 Å². The molecule has 0 aromatic heterocycles. The average molecular weight is 155 g/mol. The maximum Gasteiger partial charge on any atom is 0.351 e. The van der Waals surface area contributed by atoms with E-state index in [1.165, 1.54) is 0 Å². The monoisotopic (exact) mass is 155 g/mol. The van der Waals surface area contributed by atoms with E-state index >= 15 is 0 Å². The Morgan fingerprint density at radius 2 is 2.55 bits per heavy atom. The van der Waals surface area contributed by atoms with Crippen molar-refractivity contribution in [2.24, 2.45) is 0 Å². The number of carboxylic acids is 1. The zero-order valence-electron chi connectivity index (χ0n) is 6.71. The van der Waals surface area contributed by atoms with E-state index in [9.17, 15) is 4.79 Å². The molecule has 0 radical (unpaired) electrons. The highest BCUT2D eigenvalue weighted by Crippen LogP contribution is 2.15. The van der Waals surface area contributed by atoms with Gasteiger partial charge in [-0.15, -0.1) is 0 Å². The lowest BCUT2D eigenvalue weighted by atomic mass is 10.2. The normalized spacial score (nSPS) is 15.7. The van der Waals surface area contributed by atoms with Gasteiger partial charge in [0.15, 0.2) is 0 Å². The molecule has 0 unspecified atom stereocenters. The van der Waals surface area contributed by atoms with Crippen LogP contribution in [-0.2, 0) is 4.79 Å². The molecule has 3 heteroatoms. The first-order valence-corrected chi connectivity index (χ1v) is 3.94. The van der Waals surface area contributed by atoms with Crippen molar-refractivity contribution < 1.29 is 9.90 Å². The molecule has 1 aliphatic rings. The first-order chi connectivity index (χ1) is 5.25. The largest absolute Gasteiger partial charge is 0.477 e. The number of unbranched alkanes of at least 4 members (excludes halogenated alkanes) is 1. The number of aliphatic carboxylic acids is 1. The lowest BCUT2D eigenvalue weighted by Crippen LogP contribution is -2.36. The fourth-order valence-corrected chi connectivity index (χ4v) is 1.09. The third kappa shape index (κ3) is 1.73. The smallest absolute Gasteiger partial charge is 0.351 e. The third-order valence-corrected chi connectivity index (χ3v) is 1.85. The summed E-state index contributed by atoms with van der Waals surface area (Å²) in [5.41, 5.74) is 0.471. The Morgan fingerprint density at radius 3 is 2.91 bits per heavy atom. The molecule has 0 saturated heterocycles. The van der Waals surface area contributed by atoms with Gasteiger partial charge in [0, 0.05) is 13.1 Å². The standard InChI is InChI=1S/C8H13NO2/c1-2-3-5-9-6-4-7(9)8(10)11/h4H,2-3,5-6H2,1H3,(H,10,11). The lowest BCUT2D eigenvalue weighted by Gasteiger charge is -2.30. The molecule has 0 fully saturated rings. The number of carboxylic acid groups (broad SMARTS) is 1. The summed E-state index contributed by atoms with van der Waals surface area (Å²) in [4.78, 5) is 12.3. The summed E-state index contributed by atoms with van der Waals surface area (Å²) in [5.74, 6) is -0.799. The van der Waals surface area contributed by atoms with E-state index in [-0.39, 0.29) is 0 Å². The minimum Gasteiger partial charge on any atom is -0.477 e. The molecular weight excluding hydrogens is 142 g/mol. The topological polar surface area (TPSA) is 40.5 Å². The van der Waals surface area contributed by atoms with Gasteiger partial charge in [0.2, 0.25) is 0 Å². The van der Waals surface area contributed by atoms with Crippen LogP contribution in [-0.4, -0.2) is 29.1 Å². The molecule has 1 heterocycles. The van der Waals surface area contributed by atoms with Gasteiger partial charge in [0.25, 0.3) is 0 Å². The fourth-order valence-electron chi connectivity index (χ4n) is 1.09. The van der Waals surface area contributed by atoms with Gasteiger partial charge < -0.3 is 10.0 Å². The van der Waals surface area contributed by atoms with Crippen LogP contribution >= 0.6 is 0 Å². The van der Waals surface area contributed by atoms with E-state index in [1.807, 2.05) is 4.90 Å². The third-order valence-electron chi connectivity index (χ3n) is 1.85. The molecule has 0 saturated carbocycles. The maximum absolute atomic E-state index is 10.4. The first kappa shape index (κ1) is 8.11. The molecule has 0 amide bonds. The van der Waals surface area contributed by atoms with Crippen LogP contribution in [0.1, 0.15) is 19.8 Å². The van der Waals surface area contributed by atoms with Crippen LogP contribution in [0.25, 0.3) is 0 Å². The fraction of sp³-hybridized carbons (Fsp3) is 0.625. The van der Waals surface area contributed by atoms with Gasteiger partial charge in [-0.05, 0) is 12.5 Å². The van der Waals surface area contributed by atoms with E-state index in [1.54, 1.807) is 6.08 Å². The number of carbonyl (C=O) groups is 1. The molecule has 0 spiro atoms. The van der Waals surface area contributed by atoms with Gasteiger partial charge in [-0.2, -0.15) is 0 Å². The van der Waals surface area contributed by atoms with Crippen molar-refractivity contribution in [1.29, 1.82) is 0 Å². The Kier molecular flexibility index (Phi) is 2.52. The molecule has 0 atom stereocenters. The molecule has 1 rings (SSSR count). The second-order valence-corrected chi connectivity index (χ2v) is 2.69. The average Bonchev–Trinajstić information content (AvgIpc) is 1.84. The maximum atomic E-state index is 10.4. The summed E-state index contributed by atoms with van der Waals surface area (Å²) in [6.45, 7) is 3.79. The second-order valence-electron chi connectivity index (χ2n) is 2.69. The highest BCUT2D eigenvalue weighted by atomic mass is 16.4. The van der Waals surface area contributed by atoms with Gasteiger partial charge in [-0.1, -0.05) is 13.3 Å². The van der Waals surface area contributed by atoms with Crippen molar-refractivity contribution in [2.45, 2.75) is 19.8 Å². The number of rotatable bonds is 4. The summed E-state index contributed by atoms with van der Waals surface area (Å²) in [5, 5.41) is 8.59. The minimum absolute atomic E-state index is 0.471. The molecule has 0 bridgehead atoms. The lowest BCUT2D eigenvalue weighted by molar-refractivity contribution is -0.135. The van der Waals surface area contributed by atoms with Gasteiger partial charge in [0.1, 0.15) is 5.70 Å². The Morgan fingerprint density at radius 1 is 1.82 bits per heavy atom. The van der Waals surface area contributed by atoms with Crippen LogP contribution in [0.5, 0.6) is 0 Å². The zero-order chi connectivity index (χ0) is 8.27. The molecule has 0 aliphatic carbocycles. The van der Waals surface area contributed by atoms with Crippen LogP contribution in [0, 0.1) is 0 Å². The Balaban J connectivity index is 2.30. The van der Waals surface area contributed by atoms with Crippen molar-refractivity contribution in [3.8, 4) is 0 Å². The molecule has 3 nitrogen and oxygen atoms in total. The summed E-state index contributed by atoms with van der Waals surface area (Å²) in [6, 6.07) is 0. The van der Waals surface area contributed by atoms with Crippen molar-refractivity contribution >= 4 is 5.97 Å². The van der Waals surface area contributed by atoms with Crippen LogP contribution in [0.2, 0.25) is 0 Å². The molecule has 11 heavy (non-hydrogen) atoms. The molecule has 0 aromatic rings. The van der Waals surface area contributed by atoms with E-state index in [0.29, 0.717) is 5.70 Å². The van der Waals surface area contributed by atoms with Gasteiger partial charge in [0.05, 0.1) is 0 Å². The highest BCUT2D eigenvalue weighted by molar-refractivity contribution is 5.87. The van der Waals surface area contributed by atoms with Crippen LogP contribution in [0.15, 0.2) is 11.8 Å². The molecular formula is C8H13NO2. The Hall–Kier alpha value is -0.990. The first-order valence-electron chi connectivity index (χ1n) is 3.94. The predicted octanol–water partition coefficient (Wildman–Crippen LogP) is 1.07. The number of hydrogen-bond donors (Lipinski definition) is 1. The van der Waals surface area contributed by atoms with Gasteiger partial charge >= 0.3 is 5.97 Å². The highest BCUT2D eigenvalue weighted by Gasteiger charge is 2.21. The molecule has 1 N–H and O–H groups in total. The molecule has 62 valence electrons. The number of hydrogen-bond acceptors (Lipinski definition) is 2. The van der Waals surface area contributed by atoms with E-state index in [4.69, 9.17) is 5.11 Å². The summed E-state index contributed by atoms with van der Waals surface area (Å²) in [6.07, 6.45) is 3.94. The predicted molar refractivity (Wildman–Crippen MR) is 42.2 cm³/mol. The van der Waals surface area contributed by atoms with Gasteiger partial charge in [-0.25, -0.2) is 4.79 Å². The van der Waals surface area contributed by atoms with E-state index < -0.39 is 5.97 Å². The van der Waals surface area contributed by atoms with Crippen molar-refractivity contribution in [1.82, 2.24) is 4.90 Å². The van der Waals surface area contributed by atoms with Gasteiger partial charge in [-0.3, -0.25) is 0 Å². The quantitative estimate of drug-likeness (QED) is 0.660. The second kappa shape index (κ2) is 3.42. The summed E-state index contributed by atoms with van der Waals surface area (Å²) >= 11 is 0. The molecule has 0 aromatic carbocycles. The van der Waals surface area contributed by atoms with Crippen LogP contribution < -0.4 is 0 Å². The summed E-state index contributed by atoms with van der Waals surface area (Å²) < 4.78 is 0. The van der Waals surface area contributed by atoms with Crippen molar-refractivity contribution in [3.63, 3.8) is 0 Å². The Bertz CT molecular complexity index is 187. The molecule has 1 aliphatic heterocycles. The SMILES string of the molecule is CCCCN1CC=C1C(=O)O.